The summed E-state index contributed by atoms with van der Waals surface area (Å²) in [6.45, 7) is 0. The van der Waals surface area contributed by atoms with Crippen molar-refractivity contribution in [2.45, 2.75) is 0 Å². The number of imidazole rings is 2. The van der Waals surface area contributed by atoms with Gasteiger partial charge in [-0.1, -0.05) is 30.3 Å². The molecule has 0 unspecified atom stereocenters. The summed E-state index contributed by atoms with van der Waals surface area (Å²) in [6.07, 6.45) is 0. The highest BCUT2D eigenvalue weighted by atomic mass is 15.2. The van der Waals surface area contributed by atoms with Crippen molar-refractivity contribution in [3.63, 3.8) is 0 Å². The average molecular weight is 324 g/mol. The third kappa shape index (κ3) is 1.45. The topological polar surface area (TPSA) is 27.2 Å². The summed E-state index contributed by atoms with van der Waals surface area (Å²) < 4.78 is 6.69. The van der Waals surface area contributed by atoms with Crippen LogP contribution in [0, 0.1) is 0 Å². The normalized spacial score (nSPS) is 12.4. The molecule has 3 aromatic heterocycles. The maximum absolute atomic E-state index is 4.93. The molecule has 0 saturated carbocycles. The molecule has 0 aliphatic carbocycles. The monoisotopic (exact) mass is 324 g/mol. The van der Waals surface area contributed by atoms with E-state index in [2.05, 4.69) is 88.3 Å². The maximum Gasteiger partial charge on any atom is 0.215 e. The molecule has 0 fully saturated rings. The molecular formula is C21H16N4. The molecule has 0 aliphatic heterocycles. The number of aromatic nitrogens is 4. The molecule has 0 radical (unpaired) electrons. The Balaban J connectivity index is 1.90. The molecule has 25 heavy (non-hydrogen) atoms. The number of hydrogen-bond donors (Lipinski definition) is 0. The summed E-state index contributed by atoms with van der Waals surface area (Å²) >= 11 is 0. The number of hydrogen-bond acceptors (Lipinski definition) is 1. The summed E-state index contributed by atoms with van der Waals surface area (Å²) in [5.41, 5.74) is 7.07. The number of benzene rings is 3. The summed E-state index contributed by atoms with van der Waals surface area (Å²) in [5, 5.41) is 2.57. The fourth-order valence-electron chi connectivity index (χ4n) is 4.22. The van der Waals surface area contributed by atoms with Crippen LogP contribution in [0.4, 0.5) is 0 Å². The fraction of sp³-hybridized carbons (Fsp3) is 0.0952. The van der Waals surface area contributed by atoms with Crippen molar-refractivity contribution in [1.29, 1.82) is 0 Å². The minimum absolute atomic E-state index is 0.982. The van der Waals surface area contributed by atoms with E-state index in [1.807, 2.05) is 0 Å². The molecule has 6 rings (SSSR count). The van der Waals surface area contributed by atoms with E-state index < -0.39 is 0 Å². The van der Waals surface area contributed by atoms with Gasteiger partial charge in [0.25, 0.3) is 0 Å². The second-order valence-electron chi connectivity index (χ2n) is 6.73. The van der Waals surface area contributed by atoms with Gasteiger partial charge < -0.3 is 9.13 Å². The first-order valence-corrected chi connectivity index (χ1v) is 8.47. The lowest BCUT2D eigenvalue weighted by Gasteiger charge is -1.98. The van der Waals surface area contributed by atoms with Gasteiger partial charge in [0, 0.05) is 30.4 Å². The van der Waals surface area contributed by atoms with Crippen molar-refractivity contribution in [1.82, 2.24) is 18.5 Å². The lowest BCUT2D eigenvalue weighted by Crippen LogP contribution is -1.87. The largest absolute Gasteiger partial charge is 0.344 e. The Hall–Kier alpha value is -3.27. The van der Waals surface area contributed by atoms with Gasteiger partial charge in [-0.2, -0.15) is 0 Å². The highest BCUT2D eigenvalue weighted by molar-refractivity contribution is 6.12. The summed E-state index contributed by atoms with van der Waals surface area (Å²) in [4.78, 5) is 4.93. The number of para-hydroxylation sites is 3. The quantitative estimate of drug-likeness (QED) is 0.400. The van der Waals surface area contributed by atoms with Gasteiger partial charge in [0.15, 0.2) is 0 Å². The Morgan fingerprint density at radius 3 is 2.20 bits per heavy atom. The SMILES string of the molecule is Cn1c2ccccc2c2cc3c(cc21)nc1n(C)c2ccccc2n31. The second-order valence-corrected chi connectivity index (χ2v) is 6.73. The lowest BCUT2D eigenvalue weighted by atomic mass is 10.1. The third-order valence-corrected chi connectivity index (χ3v) is 5.46. The Bertz CT molecular complexity index is 1440. The van der Waals surface area contributed by atoms with Crippen LogP contribution in [-0.2, 0) is 14.1 Å². The zero-order valence-corrected chi connectivity index (χ0v) is 14.1. The smallest absolute Gasteiger partial charge is 0.215 e. The van der Waals surface area contributed by atoms with Gasteiger partial charge in [-0.25, -0.2) is 4.98 Å². The van der Waals surface area contributed by atoms with E-state index in [0.29, 0.717) is 0 Å². The molecule has 0 atom stereocenters. The van der Waals surface area contributed by atoms with E-state index in [4.69, 9.17) is 4.98 Å². The van der Waals surface area contributed by atoms with Crippen molar-refractivity contribution in [3.8, 4) is 0 Å². The molecule has 0 N–H and O–H groups in total. The first-order valence-electron chi connectivity index (χ1n) is 8.47. The lowest BCUT2D eigenvalue weighted by molar-refractivity contribution is 0.973. The van der Waals surface area contributed by atoms with Crippen LogP contribution in [0.2, 0.25) is 0 Å². The fourth-order valence-corrected chi connectivity index (χ4v) is 4.22. The molecule has 0 saturated heterocycles. The van der Waals surface area contributed by atoms with Crippen molar-refractivity contribution in [3.05, 3.63) is 60.7 Å². The summed E-state index contributed by atoms with van der Waals surface area (Å²) in [5.74, 6) is 0.982. The minimum Gasteiger partial charge on any atom is -0.344 e. The molecule has 0 bridgehead atoms. The predicted molar refractivity (Wildman–Crippen MR) is 103 cm³/mol. The molecule has 4 heteroatoms. The molecule has 120 valence electrons. The average Bonchev–Trinajstić information content (AvgIpc) is 3.25. The number of rotatable bonds is 0. The van der Waals surface area contributed by atoms with Crippen LogP contribution in [0.15, 0.2) is 60.7 Å². The van der Waals surface area contributed by atoms with Crippen LogP contribution in [-0.4, -0.2) is 18.5 Å². The molecule has 0 spiro atoms. The van der Waals surface area contributed by atoms with Crippen molar-refractivity contribution in [2.24, 2.45) is 14.1 Å². The van der Waals surface area contributed by atoms with Gasteiger partial charge in [-0.05, 0) is 30.3 Å². The van der Waals surface area contributed by atoms with Crippen molar-refractivity contribution < 1.29 is 0 Å². The van der Waals surface area contributed by atoms with Crippen molar-refractivity contribution in [2.75, 3.05) is 0 Å². The van der Waals surface area contributed by atoms with Crippen LogP contribution in [0.3, 0.4) is 0 Å². The molecular weight excluding hydrogens is 308 g/mol. The van der Waals surface area contributed by atoms with E-state index in [1.54, 1.807) is 0 Å². The molecule has 3 heterocycles. The second kappa shape index (κ2) is 4.22. The van der Waals surface area contributed by atoms with Gasteiger partial charge in [-0.15, -0.1) is 0 Å². The van der Waals surface area contributed by atoms with E-state index in [1.165, 1.54) is 32.8 Å². The zero-order chi connectivity index (χ0) is 16.7. The minimum atomic E-state index is 0.982. The van der Waals surface area contributed by atoms with E-state index in [-0.39, 0.29) is 0 Å². The third-order valence-electron chi connectivity index (χ3n) is 5.46. The highest BCUT2D eigenvalue weighted by Crippen LogP contribution is 2.33. The first kappa shape index (κ1) is 13.1. The van der Waals surface area contributed by atoms with Gasteiger partial charge in [0.2, 0.25) is 5.78 Å². The number of fused-ring (bicyclic) bond motifs is 8. The molecule has 0 amide bonds. The standard InChI is InChI=1S/C21H16N4/c1-23-16-8-4-3-7-13(16)14-11-20-15(12-19(14)23)22-21-24(2)17-9-5-6-10-18(17)25(20)21/h3-12H,1-2H3. The molecule has 0 aliphatic rings. The molecule has 3 aromatic carbocycles. The number of nitrogens with zero attached hydrogens (tertiary/aromatic N) is 4. The molecule has 6 aromatic rings. The molecule has 4 nitrogen and oxygen atoms in total. The Kier molecular flexibility index (Phi) is 2.21. The van der Waals surface area contributed by atoms with Gasteiger partial charge >= 0.3 is 0 Å². The Labute approximate surface area is 143 Å². The number of aryl methyl sites for hydroxylation is 2. The zero-order valence-electron chi connectivity index (χ0n) is 14.1. The summed E-state index contributed by atoms with van der Waals surface area (Å²) in [7, 11) is 4.21. The van der Waals surface area contributed by atoms with E-state index in [0.717, 1.165) is 16.8 Å². The van der Waals surface area contributed by atoms with Crippen LogP contribution in [0.1, 0.15) is 0 Å². The van der Waals surface area contributed by atoms with Crippen LogP contribution in [0.25, 0.3) is 49.7 Å². The highest BCUT2D eigenvalue weighted by Gasteiger charge is 2.16. The Morgan fingerprint density at radius 2 is 1.36 bits per heavy atom. The predicted octanol–water partition coefficient (Wildman–Crippen LogP) is 4.62. The van der Waals surface area contributed by atoms with Crippen LogP contribution in [0.5, 0.6) is 0 Å². The van der Waals surface area contributed by atoms with Gasteiger partial charge in [0.1, 0.15) is 0 Å². The van der Waals surface area contributed by atoms with E-state index >= 15 is 0 Å². The van der Waals surface area contributed by atoms with Crippen LogP contribution >= 0.6 is 0 Å². The van der Waals surface area contributed by atoms with Gasteiger partial charge in [-0.3, -0.25) is 4.40 Å². The Morgan fingerprint density at radius 1 is 0.640 bits per heavy atom. The first-order chi connectivity index (χ1) is 12.2. The summed E-state index contributed by atoms with van der Waals surface area (Å²) in [6, 6.07) is 21.6. The van der Waals surface area contributed by atoms with Crippen molar-refractivity contribution >= 4 is 49.7 Å². The van der Waals surface area contributed by atoms with E-state index in [9.17, 15) is 0 Å². The maximum atomic E-state index is 4.93. The van der Waals surface area contributed by atoms with Crippen LogP contribution < -0.4 is 0 Å². The van der Waals surface area contributed by atoms with Gasteiger partial charge in [0.05, 0.1) is 27.6 Å².